The van der Waals surface area contributed by atoms with E-state index in [1.807, 2.05) is 11.8 Å². The molecule has 0 radical (unpaired) electrons. The molecule has 0 aliphatic heterocycles. The van der Waals surface area contributed by atoms with E-state index < -0.39 is 0 Å². The summed E-state index contributed by atoms with van der Waals surface area (Å²) in [5.74, 6) is 0.651. The largest absolute Gasteiger partial charge is 0.407 e. The summed E-state index contributed by atoms with van der Waals surface area (Å²) in [4.78, 5) is 0. The lowest BCUT2D eigenvalue weighted by molar-refractivity contribution is 0.375. The van der Waals surface area contributed by atoms with Crippen LogP contribution in [-0.2, 0) is 6.54 Å². The number of hydrogen-bond acceptors (Lipinski definition) is 6. The van der Waals surface area contributed by atoms with Crippen molar-refractivity contribution in [2.45, 2.75) is 43.9 Å². The number of hydrogen-bond donors (Lipinski definition) is 2. The summed E-state index contributed by atoms with van der Waals surface area (Å²) in [6, 6.07) is 0.545. The van der Waals surface area contributed by atoms with Crippen molar-refractivity contribution < 1.29 is 4.42 Å². The Morgan fingerprint density at radius 1 is 1.39 bits per heavy atom. The lowest BCUT2D eigenvalue weighted by atomic mass is 9.84. The van der Waals surface area contributed by atoms with Crippen LogP contribution in [0.3, 0.4) is 0 Å². The Kier molecular flexibility index (Phi) is 4.88. The fourth-order valence-electron chi connectivity index (χ4n) is 2.03. The summed E-state index contributed by atoms with van der Waals surface area (Å²) in [6.45, 7) is 4.67. The average Bonchev–Trinajstić information content (AvgIpc) is 2.77. The molecule has 1 fully saturated rings. The predicted molar refractivity (Wildman–Crippen MR) is 74.9 cm³/mol. The van der Waals surface area contributed by atoms with Gasteiger partial charge in [0.1, 0.15) is 0 Å². The maximum Gasteiger partial charge on any atom is 0.315 e. The van der Waals surface area contributed by atoms with Gasteiger partial charge in [0.25, 0.3) is 0 Å². The second kappa shape index (κ2) is 6.43. The monoisotopic (exact) mass is 270 g/mol. The van der Waals surface area contributed by atoms with Gasteiger partial charge in [-0.15, -0.1) is 5.10 Å². The van der Waals surface area contributed by atoms with Crippen LogP contribution in [0.1, 0.15) is 38.5 Å². The van der Waals surface area contributed by atoms with Crippen LogP contribution in [0.2, 0.25) is 0 Å². The Morgan fingerprint density at radius 2 is 2.22 bits per heavy atom. The highest BCUT2D eigenvalue weighted by atomic mass is 32.2. The molecule has 18 heavy (non-hydrogen) atoms. The maximum atomic E-state index is 5.53. The minimum absolute atomic E-state index is 0.384. The molecular weight excluding hydrogens is 248 g/mol. The van der Waals surface area contributed by atoms with Gasteiger partial charge in [0.15, 0.2) is 0 Å². The molecule has 0 unspecified atom stereocenters. The Balaban J connectivity index is 1.76. The Labute approximate surface area is 112 Å². The Bertz CT molecular complexity index is 359. The third kappa shape index (κ3) is 3.38. The molecule has 0 atom stereocenters. The molecule has 2 rings (SSSR count). The molecule has 0 aromatic carbocycles. The highest BCUT2D eigenvalue weighted by Crippen LogP contribution is 2.42. The minimum Gasteiger partial charge on any atom is -0.407 e. The van der Waals surface area contributed by atoms with Crippen molar-refractivity contribution in [3.63, 3.8) is 0 Å². The molecule has 1 heterocycles. The van der Waals surface area contributed by atoms with Gasteiger partial charge >= 0.3 is 6.01 Å². The number of thioether (sulfide) groups is 1. The van der Waals surface area contributed by atoms with Crippen LogP contribution in [0.25, 0.3) is 0 Å². The van der Waals surface area contributed by atoms with Crippen LogP contribution in [0.5, 0.6) is 0 Å². The molecule has 0 spiro atoms. The first-order chi connectivity index (χ1) is 8.78. The quantitative estimate of drug-likeness (QED) is 0.707. The van der Waals surface area contributed by atoms with Crippen LogP contribution in [0, 0.1) is 0 Å². The van der Waals surface area contributed by atoms with Gasteiger partial charge in [-0.05, 0) is 32.1 Å². The first-order valence-electron chi connectivity index (χ1n) is 6.60. The molecule has 0 bridgehead atoms. The van der Waals surface area contributed by atoms with E-state index in [9.17, 15) is 0 Å². The molecule has 5 nitrogen and oxygen atoms in total. The van der Waals surface area contributed by atoms with Gasteiger partial charge in [-0.3, -0.25) is 0 Å². The van der Waals surface area contributed by atoms with E-state index in [2.05, 4.69) is 34.0 Å². The van der Waals surface area contributed by atoms with Crippen molar-refractivity contribution in [2.24, 2.45) is 0 Å². The topological polar surface area (TPSA) is 63.0 Å². The summed E-state index contributed by atoms with van der Waals surface area (Å²) >= 11 is 1.94. The summed E-state index contributed by atoms with van der Waals surface area (Å²) in [5, 5.41) is 14.5. The minimum atomic E-state index is 0.384. The molecule has 1 aliphatic carbocycles. The van der Waals surface area contributed by atoms with Crippen molar-refractivity contribution in [1.82, 2.24) is 15.5 Å². The Morgan fingerprint density at radius 3 is 2.83 bits per heavy atom. The number of nitrogens with zero attached hydrogens (tertiary/aromatic N) is 2. The lowest BCUT2D eigenvalue weighted by Crippen LogP contribution is -2.40. The van der Waals surface area contributed by atoms with Crippen molar-refractivity contribution in [3.05, 3.63) is 5.89 Å². The van der Waals surface area contributed by atoms with Crippen LogP contribution < -0.4 is 10.6 Å². The van der Waals surface area contributed by atoms with Crippen LogP contribution in [-0.4, -0.2) is 34.3 Å². The van der Waals surface area contributed by atoms with Crippen molar-refractivity contribution in [1.29, 1.82) is 0 Å². The third-order valence-corrected chi connectivity index (χ3v) is 4.85. The van der Waals surface area contributed by atoms with Gasteiger partial charge in [0.2, 0.25) is 5.89 Å². The van der Waals surface area contributed by atoms with Gasteiger partial charge in [-0.25, -0.2) is 0 Å². The second-order valence-corrected chi connectivity index (χ2v) is 6.05. The predicted octanol–water partition coefficient (Wildman–Crippen LogP) is 2.27. The highest BCUT2D eigenvalue weighted by Gasteiger charge is 2.36. The van der Waals surface area contributed by atoms with Gasteiger partial charge in [-0.1, -0.05) is 18.4 Å². The number of nitrogens with one attached hydrogen (secondary N) is 2. The number of aromatic nitrogens is 2. The summed E-state index contributed by atoms with van der Waals surface area (Å²) in [6.07, 6.45) is 7.17. The SMILES string of the molecule is CCCNCc1nnc(NCC2(SC)CCC2)o1. The fraction of sp³-hybridized carbons (Fsp3) is 0.833. The molecule has 1 aromatic rings. The van der Waals surface area contributed by atoms with E-state index in [-0.39, 0.29) is 0 Å². The second-order valence-electron chi connectivity index (χ2n) is 4.77. The molecule has 2 N–H and O–H groups in total. The van der Waals surface area contributed by atoms with Crippen LogP contribution in [0.4, 0.5) is 6.01 Å². The molecule has 0 amide bonds. The van der Waals surface area contributed by atoms with E-state index in [1.165, 1.54) is 19.3 Å². The number of rotatable bonds is 8. The average molecular weight is 270 g/mol. The van der Waals surface area contributed by atoms with E-state index >= 15 is 0 Å². The number of anilines is 1. The normalized spacial score (nSPS) is 17.4. The van der Waals surface area contributed by atoms with Crippen molar-refractivity contribution in [3.8, 4) is 0 Å². The zero-order valence-electron chi connectivity index (χ0n) is 11.2. The first kappa shape index (κ1) is 13.7. The van der Waals surface area contributed by atoms with Crippen molar-refractivity contribution >= 4 is 17.8 Å². The summed E-state index contributed by atoms with van der Waals surface area (Å²) in [7, 11) is 0. The first-order valence-corrected chi connectivity index (χ1v) is 7.82. The van der Waals surface area contributed by atoms with Gasteiger partial charge in [0, 0.05) is 11.3 Å². The lowest BCUT2D eigenvalue weighted by Gasteiger charge is -2.40. The fourth-order valence-corrected chi connectivity index (χ4v) is 2.94. The third-order valence-electron chi connectivity index (χ3n) is 3.43. The van der Waals surface area contributed by atoms with Gasteiger partial charge in [-0.2, -0.15) is 11.8 Å². The Hall–Kier alpha value is -0.750. The summed E-state index contributed by atoms with van der Waals surface area (Å²) < 4.78 is 5.92. The van der Waals surface area contributed by atoms with Crippen LogP contribution in [0.15, 0.2) is 4.42 Å². The molecule has 102 valence electrons. The maximum absolute atomic E-state index is 5.53. The van der Waals surface area contributed by atoms with Gasteiger partial charge < -0.3 is 15.1 Å². The molecule has 1 aromatic heterocycles. The van der Waals surface area contributed by atoms with Crippen molar-refractivity contribution in [2.75, 3.05) is 24.7 Å². The zero-order valence-corrected chi connectivity index (χ0v) is 12.0. The van der Waals surface area contributed by atoms with E-state index in [0.717, 1.165) is 19.5 Å². The smallest absolute Gasteiger partial charge is 0.315 e. The van der Waals surface area contributed by atoms with E-state index in [4.69, 9.17) is 4.42 Å². The molecule has 1 saturated carbocycles. The van der Waals surface area contributed by atoms with E-state index in [0.29, 0.717) is 23.2 Å². The summed E-state index contributed by atoms with van der Waals surface area (Å²) in [5.41, 5.74) is 0. The van der Waals surface area contributed by atoms with E-state index in [1.54, 1.807) is 0 Å². The molecular formula is C12H22N4OS. The van der Waals surface area contributed by atoms with Crippen LogP contribution >= 0.6 is 11.8 Å². The highest BCUT2D eigenvalue weighted by molar-refractivity contribution is 8.00. The molecule has 6 heteroatoms. The zero-order chi connectivity index (χ0) is 12.8. The molecule has 1 aliphatic rings. The standard InChI is InChI=1S/C12H22N4OS/c1-3-7-13-8-10-15-16-11(17-10)14-9-12(18-2)5-4-6-12/h13H,3-9H2,1-2H3,(H,14,16). The molecule has 0 saturated heterocycles. The van der Waals surface area contributed by atoms with Gasteiger partial charge in [0.05, 0.1) is 6.54 Å².